The van der Waals surface area contributed by atoms with Crippen LogP contribution in [0.15, 0.2) is 30.5 Å². The summed E-state index contributed by atoms with van der Waals surface area (Å²) in [5.41, 5.74) is 9.97. The van der Waals surface area contributed by atoms with Gasteiger partial charge in [0, 0.05) is 13.2 Å². The van der Waals surface area contributed by atoms with Gasteiger partial charge in [0.2, 0.25) is 0 Å². The molecule has 0 radical (unpaired) electrons. The van der Waals surface area contributed by atoms with Crippen LogP contribution in [0.2, 0.25) is 0 Å². The molecule has 1 saturated heterocycles. The highest BCUT2D eigenvalue weighted by Crippen LogP contribution is 2.42. The maximum Gasteiger partial charge on any atom is 0.0963 e. The zero-order chi connectivity index (χ0) is 15.6. The van der Waals surface area contributed by atoms with E-state index < -0.39 is 0 Å². The first-order valence-corrected chi connectivity index (χ1v) is 7.79. The fourth-order valence-corrected chi connectivity index (χ4v) is 3.25. The number of rotatable bonds is 0. The molecule has 2 aliphatic heterocycles. The van der Waals surface area contributed by atoms with Crippen LogP contribution in [-0.2, 0) is 24.0 Å². The summed E-state index contributed by atoms with van der Waals surface area (Å²) in [6, 6.07) is 8.64. The zero-order valence-electron chi connectivity index (χ0n) is 14.1. The molecule has 3 N–H and O–H groups in total. The van der Waals surface area contributed by atoms with Crippen molar-refractivity contribution in [1.82, 2.24) is 15.1 Å². The monoisotopic (exact) mass is 372 g/mol. The van der Waals surface area contributed by atoms with Crippen LogP contribution < -0.4 is 11.1 Å². The Balaban J connectivity index is 0.000000252. The molecule has 1 spiro atoms. The van der Waals surface area contributed by atoms with Crippen molar-refractivity contribution in [1.29, 1.82) is 0 Å². The van der Waals surface area contributed by atoms with Crippen LogP contribution in [0.4, 0.5) is 5.69 Å². The van der Waals surface area contributed by atoms with Gasteiger partial charge in [-0.05, 0) is 44.0 Å². The standard InChI is InChI=1S/C12H15NO.C5H9N3.2ClH/c1-2-4-11-10(3-1)9-14-12(11)5-7-13-8-6-12;1-4-5(6)3-8(2)7-4;;/h1-4,13H,5-9H2;3H,6H2,1-2H3;2*1H. The van der Waals surface area contributed by atoms with E-state index in [9.17, 15) is 0 Å². The van der Waals surface area contributed by atoms with E-state index in [1.165, 1.54) is 11.1 Å². The molecule has 0 atom stereocenters. The molecule has 134 valence electrons. The van der Waals surface area contributed by atoms with Crippen LogP contribution in [-0.4, -0.2) is 22.9 Å². The number of aryl methyl sites for hydroxylation is 2. The van der Waals surface area contributed by atoms with Gasteiger partial charge in [0.25, 0.3) is 0 Å². The van der Waals surface area contributed by atoms with Crippen molar-refractivity contribution < 1.29 is 4.74 Å². The number of benzene rings is 1. The fourth-order valence-electron chi connectivity index (χ4n) is 3.25. The molecule has 2 aliphatic rings. The van der Waals surface area contributed by atoms with E-state index in [1.807, 2.05) is 14.0 Å². The fraction of sp³-hybridized carbons (Fsp3) is 0.471. The first kappa shape index (κ1) is 20.8. The van der Waals surface area contributed by atoms with E-state index in [-0.39, 0.29) is 30.4 Å². The van der Waals surface area contributed by atoms with E-state index in [0.717, 1.165) is 43.9 Å². The molecule has 7 heteroatoms. The summed E-state index contributed by atoms with van der Waals surface area (Å²) in [5, 5.41) is 7.39. The molecule has 3 heterocycles. The van der Waals surface area contributed by atoms with Gasteiger partial charge in [-0.3, -0.25) is 4.68 Å². The number of nitrogens with zero attached hydrogens (tertiary/aromatic N) is 2. The van der Waals surface area contributed by atoms with Gasteiger partial charge in [-0.2, -0.15) is 5.10 Å². The molecule has 0 amide bonds. The molecule has 0 saturated carbocycles. The molecule has 1 aromatic heterocycles. The third kappa shape index (κ3) is 4.22. The first-order valence-electron chi connectivity index (χ1n) is 7.79. The Morgan fingerprint density at radius 3 is 2.42 bits per heavy atom. The van der Waals surface area contributed by atoms with Crippen LogP contribution in [0.1, 0.15) is 29.7 Å². The van der Waals surface area contributed by atoms with Crippen molar-refractivity contribution in [2.75, 3.05) is 18.8 Å². The second kappa shape index (κ2) is 8.72. The first-order chi connectivity index (χ1) is 10.6. The lowest BCUT2D eigenvalue weighted by atomic mass is 9.84. The molecule has 0 aliphatic carbocycles. The molecule has 4 rings (SSSR count). The number of nitrogens with one attached hydrogen (secondary N) is 1. The Morgan fingerprint density at radius 1 is 1.21 bits per heavy atom. The van der Waals surface area contributed by atoms with Crippen molar-refractivity contribution in [3.8, 4) is 0 Å². The molecule has 0 unspecified atom stereocenters. The van der Waals surface area contributed by atoms with E-state index in [2.05, 4.69) is 34.7 Å². The highest BCUT2D eigenvalue weighted by atomic mass is 35.5. The quantitative estimate of drug-likeness (QED) is 0.745. The number of hydrogen-bond acceptors (Lipinski definition) is 4. The minimum atomic E-state index is 0. The summed E-state index contributed by atoms with van der Waals surface area (Å²) < 4.78 is 7.71. The maximum atomic E-state index is 6.01. The number of anilines is 1. The average Bonchev–Trinajstić information content (AvgIpc) is 3.02. The molecule has 0 bridgehead atoms. The van der Waals surface area contributed by atoms with E-state index in [4.69, 9.17) is 10.5 Å². The predicted molar refractivity (Wildman–Crippen MR) is 102 cm³/mol. The molecule has 5 nitrogen and oxygen atoms in total. The van der Waals surface area contributed by atoms with E-state index in [1.54, 1.807) is 10.9 Å². The Hall–Kier alpha value is -1.27. The summed E-state index contributed by atoms with van der Waals surface area (Å²) in [4.78, 5) is 0. The van der Waals surface area contributed by atoms with Crippen molar-refractivity contribution in [3.05, 3.63) is 47.3 Å². The number of nitrogen functional groups attached to an aromatic ring is 1. The van der Waals surface area contributed by atoms with Crippen LogP contribution in [0.3, 0.4) is 0 Å². The smallest absolute Gasteiger partial charge is 0.0963 e. The summed E-state index contributed by atoms with van der Waals surface area (Å²) in [7, 11) is 1.85. The number of aromatic nitrogens is 2. The number of piperidine rings is 1. The van der Waals surface area contributed by atoms with E-state index in [0.29, 0.717) is 0 Å². The van der Waals surface area contributed by atoms with Crippen LogP contribution >= 0.6 is 24.8 Å². The van der Waals surface area contributed by atoms with Crippen molar-refractivity contribution in [2.24, 2.45) is 7.05 Å². The Bertz CT molecular complexity index is 629. The van der Waals surface area contributed by atoms with Crippen LogP contribution in [0, 0.1) is 6.92 Å². The van der Waals surface area contributed by atoms with Crippen LogP contribution in [0.5, 0.6) is 0 Å². The third-order valence-electron chi connectivity index (χ3n) is 4.47. The number of halogens is 2. The minimum absolute atomic E-state index is 0. The summed E-state index contributed by atoms with van der Waals surface area (Å²) >= 11 is 0. The summed E-state index contributed by atoms with van der Waals surface area (Å²) in [5.74, 6) is 0. The molecule has 2 aromatic rings. The number of hydrogen-bond donors (Lipinski definition) is 2. The Kier molecular flexibility index (Phi) is 7.55. The normalized spacial score (nSPS) is 17.1. The second-order valence-corrected chi connectivity index (χ2v) is 6.03. The summed E-state index contributed by atoms with van der Waals surface area (Å²) in [6.45, 7) is 4.84. The lowest BCUT2D eigenvalue weighted by Crippen LogP contribution is -2.39. The second-order valence-electron chi connectivity index (χ2n) is 6.03. The van der Waals surface area contributed by atoms with Gasteiger partial charge in [0.1, 0.15) is 0 Å². The lowest BCUT2D eigenvalue weighted by molar-refractivity contribution is -0.0590. The SMILES string of the molecule is Cc1nn(C)cc1N.Cl.Cl.c1ccc2c(c1)COC21CCNCC1. The van der Waals surface area contributed by atoms with Crippen molar-refractivity contribution in [2.45, 2.75) is 32.0 Å². The van der Waals surface area contributed by atoms with Crippen molar-refractivity contribution in [3.63, 3.8) is 0 Å². The number of ether oxygens (including phenoxy) is 1. The number of fused-ring (bicyclic) bond motifs is 2. The molecule has 1 fully saturated rings. The minimum Gasteiger partial charge on any atom is -0.396 e. The molecule has 1 aromatic carbocycles. The summed E-state index contributed by atoms with van der Waals surface area (Å²) in [6.07, 6.45) is 4.02. The van der Waals surface area contributed by atoms with Gasteiger partial charge in [-0.15, -0.1) is 24.8 Å². The van der Waals surface area contributed by atoms with Gasteiger partial charge in [-0.25, -0.2) is 0 Å². The number of nitrogens with two attached hydrogens (primary N) is 1. The lowest BCUT2D eigenvalue weighted by Gasteiger charge is -2.33. The third-order valence-corrected chi connectivity index (χ3v) is 4.47. The van der Waals surface area contributed by atoms with Gasteiger partial charge >= 0.3 is 0 Å². The molecular formula is C17H26Cl2N4O. The zero-order valence-corrected chi connectivity index (χ0v) is 15.8. The Labute approximate surface area is 155 Å². The Morgan fingerprint density at radius 2 is 1.88 bits per heavy atom. The highest BCUT2D eigenvalue weighted by molar-refractivity contribution is 5.85. The highest BCUT2D eigenvalue weighted by Gasteiger charge is 2.40. The van der Waals surface area contributed by atoms with Crippen molar-refractivity contribution >= 4 is 30.5 Å². The largest absolute Gasteiger partial charge is 0.396 e. The predicted octanol–water partition coefficient (Wildman–Crippen LogP) is 2.95. The van der Waals surface area contributed by atoms with Gasteiger partial charge < -0.3 is 15.8 Å². The molecule has 24 heavy (non-hydrogen) atoms. The topological polar surface area (TPSA) is 65.1 Å². The van der Waals surface area contributed by atoms with Crippen LogP contribution in [0.25, 0.3) is 0 Å². The molecular weight excluding hydrogens is 347 g/mol. The van der Waals surface area contributed by atoms with Gasteiger partial charge in [0.05, 0.1) is 23.6 Å². The average molecular weight is 373 g/mol. The maximum absolute atomic E-state index is 6.01. The van der Waals surface area contributed by atoms with Gasteiger partial charge in [-0.1, -0.05) is 24.3 Å². The van der Waals surface area contributed by atoms with E-state index >= 15 is 0 Å². The van der Waals surface area contributed by atoms with Gasteiger partial charge in [0.15, 0.2) is 0 Å².